The normalized spacial score (nSPS) is 25.7. The highest BCUT2D eigenvalue weighted by atomic mass is 35.5. The monoisotopic (exact) mass is 295 g/mol. The maximum atomic E-state index is 12.3. The molecule has 0 aromatic heterocycles. The molecule has 108 valence electrons. The molecule has 0 spiro atoms. The lowest BCUT2D eigenvalue weighted by Gasteiger charge is -2.30. The maximum absolute atomic E-state index is 12.3. The first-order valence-corrected chi connectivity index (χ1v) is 8.78. The van der Waals surface area contributed by atoms with E-state index in [2.05, 4.69) is 20.8 Å². The molecule has 1 saturated heterocycles. The lowest BCUT2D eigenvalue weighted by Crippen LogP contribution is -2.39. The molecule has 1 heterocycles. The van der Waals surface area contributed by atoms with Crippen LogP contribution in [-0.2, 0) is 10.0 Å². The third-order valence-electron chi connectivity index (χ3n) is 4.00. The molecule has 0 amide bonds. The molecule has 0 aliphatic carbocycles. The molecule has 0 N–H and O–H groups in total. The zero-order valence-corrected chi connectivity index (χ0v) is 13.5. The second kappa shape index (κ2) is 6.10. The number of nitrogens with zero attached hydrogens (tertiary/aromatic N) is 1. The predicted octanol–water partition coefficient (Wildman–Crippen LogP) is 3.09. The molecule has 18 heavy (non-hydrogen) atoms. The van der Waals surface area contributed by atoms with Gasteiger partial charge >= 0.3 is 0 Å². The van der Waals surface area contributed by atoms with Crippen LogP contribution >= 0.6 is 11.6 Å². The summed E-state index contributed by atoms with van der Waals surface area (Å²) in [6.45, 7) is 9.70. The van der Waals surface area contributed by atoms with Gasteiger partial charge in [0.15, 0.2) is 0 Å². The Kier molecular flexibility index (Phi) is 5.51. The largest absolute Gasteiger partial charge is 0.217 e. The average Bonchev–Trinajstić information content (AvgIpc) is 2.52. The maximum Gasteiger partial charge on any atom is 0.217 e. The molecule has 2 unspecified atom stereocenters. The van der Waals surface area contributed by atoms with Crippen molar-refractivity contribution in [2.24, 2.45) is 11.3 Å². The summed E-state index contributed by atoms with van der Waals surface area (Å²) in [5.41, 5.74) is 0.262. The number of halogens is 1. The van der Waals surface area contributed by atoms with Crippen LogP contribution in [0.4, 0.5) is 0 Å². The summed E-state index contributed by atoms with van der Waals surface area (Å²) in [5.74, 6) is 0.769. The van der Waals surface area contributed by atoms with E-state index in [1.807, 2.05) is 0 Å². The Bertz CT molecular complexity index is 362. The van der Waals surface area contributed by atoms with Crippen LogP contribution in [0.25, 0.3) is 0 Å². The van der Waals surface area contributed by atoms with Crippen LogP contribution in [0.5, 0.6) is 0 Å². The predicted molar refractivity (Wildman–Crippen MR) is 77.5 cm³/mol. The SMILES string of the molecule is CC(CCl)S(=O)(=O)N1CCCC(C(C)(C)C)CC1. The van der Waals surface area contributed by atoms with Crippen molar-refractivity contribution in [1.29, 1.82) is 0 Å². The molecule has 5 heteroatoms. The van der Waals surface area contributed by atoms with Gasteiger partial charge in [0.25, 0.3) is 0 Å². The van der Waals surface area contributed by atoms with Crippen LogP contribution in [0.15, 0.2) is 0 Å². The highest BCUT2D eigenvalue weighted by Gasteiger charge is 2.33. The minimum atomic E-state index is -3.20. The van der Waals surface area contributed by atoms with E-state index in [4.69, 9.17) is 11.6 Å². The van der Waals surface area contributed by atoms with Gasteiger partial charge in [-0.05, 0) is 37.5 Å². The van der Waals surface area contributed by atoms with Gasteiger partial charge in [0, 0.05) is 19.0 Å². The fourth-order valence-electron chi connectivity index (χ4n) is 2.52. The minimum Gasteiger partial charge on any atom is -0.212 e. The Morgan fingerprint density at radius 3 is 2.39 bits per heavy atom. The van der Waals surface area contributed by atoms with Crippen molar-refractivity contribution >= 4 is 21.6 Å². The third kappa shape index (κ3) is 3.84. The van der Waals surface area contributed by atoms with Crippen LogP contribution in [0, 0.1) is 11.3 Å². The molecule has 0 radical (unpaired) electrons. The van der Waals surface area contributed by atoms with Crippen molar-refractivity contribution in [3.05, 3.63) is 0 Å². The number of rotatable bonds is 3. The smallest absolute Gasteiger partial charge is 0.212 e. The van der Waals surface area contributed by atoms with E-state index in [1.165, 1.54) is 0 Å². The van der Waals surface area contributed by atoms with Gasteiger partial charge in [-0.15, -0.1) is 11.6 Å². The molecular weight excluding hydrogens is 270 g/mol. The molecule has 2 atom stereocenters. The standard InChI is InChI=1S/C13H26ClNO2S/c1-11(10-14)18(16,17)15-8-5-6-12(7-9-15)13(2,3)4/h11-12H,5-10H2,1-4H3. The summed E-state index contributed by atoms with van der Waals surface area (Å²) in [6.07, 6.45) is 3.03. The van der Waals surface area contributed by atoms with Crippen molar-refractivity contribution in [3.8, 4) is 0 Å². The molecule has 3 nitrogen and oxygen atoms in total. The van der Waals surface area contributed by atoms with Gasteiger partial charge in [0.1, 0.15) is 0 Å². The van der Waals surface area contributed by atoms with Crippen molar-refractivity contribution in [1.82, 2.24) is 4.31 Å². The molecule has 0 bridgehead atoms. The van der Waals surface area contributed by atoms with Crippen molar-refractivity contribution in [2.75, 3.05) is 19.0 Å². The van der Waals surface area contributed by atoms with Gasteiger partial charge in [-0.25, -0.2) is 12.7 Å². The molecule has 1 fully saturated rings. The van der Waals surface area contributed by atoms with Crippen LogP contribution in [0.2, 0.25) is 0 Å². The Hall–Kier alpha value is 0.200. The molecule has 1 aliphatic rings. The lowest BCUT2D eigenvalue weighted by molar-refractivity contribution is 0.216. The van der Waals surface area contributed by atoms with Gasteiger partial charge in [0.2, 0.25) is 10.0 Å². The van der Waals surface area contributed by atoms with E-state index in [9.17, 15) is 8.42 Å². The summed E-state index contributed by atoms with van der Waals surface area (Å²) < 4.78 is 26.2. The summed E-state index contributed by atoms with van der Waals surface area (Å²) in [7, 11) is -3.20. The quantitative estimate of drug-likeness (QED) is 0.750. The molecule has 1 rings (SSSR count). The van der Waals surface area contributed by atoms with E-state index in [0.29, 0.717) is 19.0 Å². The van der Waals surface area contributed by atoms with Crippen molar-refractivity contribution in [2.45, 2.75) is 52.2 Å². The molecular formula is C13H26ClNO2S. The van der Waals surface area contributed by atoms with E-state index in [1.54, 1.807) is 11.2 Å². The average molecular weight is 296 g/mol. The van der Waals surface area contributed by atoms with Crippen molar-refractivity contribution in [3.63, 3.8) is 0 Å². The van der Waals surface area contributed by atoms with Crippen LogP contribution in [0.1, 0.15) is 47.0 Å². The molecule has 0 aromatic rings. The topological polar surface area (TPSA) is 37.4 Å². The summed E-state index contributed by atoms with van der Waals surface area (Å²) >= 11 is 5.69. The highest BCUT2D eigenvalue weighted by Crippen LogP contribution is 2.35. The summed E-state index contributed by atoms with van der Waals surface area (Å²) in [4.78, 5) is 0. The second-order valence-electron chi connectivity index (χ2n) is 6.40. The number of hydrogen-bond acceptors (Lipinski definition) is 2. The first-order chi connectivity index (χ1) is 8.19. The fourth-order valence-corrected chi connectivity index (χ4v) is 4.41. The van der Waals surface area contributed by atoms with Gasteiger partial charge in [0.05, 0.1) is 5.25 Å². The lowest BCUT2D eigenvalue weighted by atomic mass is 9.77. The van der Waals surface area contributed by atoms with E-state index in [-0.39, 0.29) is 11.3 Å². The number of hydrogen-bond donors (Lipinski definition) is 0. The van der Waals surface area contributed by atoms with Crippen LogP contribution in [0.3, 0.4) is 0 Å². The summed E-state index contributed by atoms with van der Waals surface area (Å²) in [5, 5.41) is -0.481. The first-order valence-electron chi connectivity index (χ1n) is 6.74. The fraction of sp³-hybridized carbons (Fsp3) is 1.00. The third-order valence-corrected chi connectivity index (χ3v) is 6.91. The van der Waals surface area contributed by atoms with Gasteiger partial charge < -0.3 is 0 Å². The van der Waals surface area contributed by atoms with Crippen LogP contribution < -0.4 is 0 Å². The second-order valence-corrected chi connectivity index (χ2v) is 9.06. The van der Waals surface area contributed by atoms with Gasteiger partial charge in [-0.3, -0.25) is 0 Å². The first kappa shape index (κ1) is 16.3. The Morgan fingerprint density at radius 1 is 1.28 bits per heavy atom. The molecule has 1 aliphatic heterocycles. The van der Waals surface area contributed by atoms with E-state index in [0.717, 1.165) is 19.3 Å². The molecule has 0 aromatic carbocycles. The van der Waals surface area contributed by atoms with E-state index < -0.39 is 15.3 Å². The minimum absolute atomic E-state index is 0.168. The number of alkyl halides is 1. The van der Waals surface area contributed by atoms with Gasteiger partial charge in [-0.2, -0.15) is 0 Å². The zero-order chi connectivity index (χ0) is 14.0. The van der Waals surface area contributed by atoms with E-state index >= 15 is 0 Å². The van der Waals surface area contributed by atoms with Gasteiger partial charge in [-0.1, -0.05) is 20.8 Å². The molecule has 0 saturated carbocycles. The number of sulfonamides is 1. The highest BCUT2D eigenvalue weighted by molar-refractivity contribution is 7.89. The van der Waals surface area contributed by atoms with Crippen molar-refractivity contribution < 1.29 is 8.42 Å². The Balaban J connectivity index is 2.74. The van der Waals surface area contributed by atoms with Crippen LogP contribution in [-0.4, -0.2) is 36.9 Å². The summed E-state index contributed by atoms with van der Waals surface area (Å²) in [6, 6.07) is 0. The Morgan fingerprint density at radius 2 is 1.89 bits per heavy atom. The zero-order valence-electron chi connectivity index (χ0n) is 11.9. The Labute approximate surface area is 117 Å².